The molecule has 0 atom stereocenters. The van der Waals surface area contributed by atoms with Crippen LogP contribution in [-0.2, 0) is 0 Å². The molecule has 0 aromatic heterocycles. The summed E-state index contributed by atoms with van der Waals surface area (Å²) in [6.07, 6.45) is 8.38. The van der Waals surface area contributed by atoms with E-state index in [-0.39, 0.29) is 0 Å². The number of hydrogen-bond acceptors (Lipinski definition) is 0. The minimum Gasteiger partial charge on any atom is -0.127 e. The van der Waals surface area contributed by atoms with Gasteiger partial charge in [0.05, 0.1) is 0 Å². The van der Waals surface area contributed by atoms with Crippen LogP contribution in [0.1, 0.15) is 51.9 Å². The summed E-state index contributed by atoms with van der Waals surface area (Å²) in [5, 5.41) is 0. The minimum atomic E-state index is -2.35. The number of unbranched alkanes of at least 4 members (excludes halogenated alkanes) is 5. The van der Waals surface area contributed by atoms with E-state index in [1.165, 1.54) is 32.1 Å². The molecular formula is C11H23Cl7Si2. The molecule has 0 aromatic carbocycles. The summed E-state index contributed by atoms with van der Waals surface area (Å²) in [4.78, 5) is 0. The highest BCUT2D eigenvalue weighted by atomic mass is 35.8. The zero-order chi connectivity index (χ0) is 16.1. The molecule has 0 saturated heterocycles. The molecule has 0 aliphatic carbocycles. The maximum absolute atomic E-state index is 5.74. The summed E-state index contributed by atoms with van der Waals surface area (Å²) in [5.41, 5.74) is 0. The van der Waals surface area contributed by atoms with Crippen LogP contribution in [0.4, 0.5) is 0 Å². The van der Waals surface area contributed by atoms with E-state index in [9.17, 15) is 0 Å². The average Bonchev–Trinajstić information content (AvgIpc) is 2.29. The first-order chi connectivity index (χ1) is 9.12. The van der Waals surface area contributed by atoms with Gasteiger partial charge in [-0.3, -0.25) is 0 Å². The van der Waals surface area contributed by atoms with E-state index in [0.29, 0.717) is 11.9 Å². The fraction of sp³-hybridized carbons (Fsp3) is 1.00. The summed E-state index contributed by atoms with van der Waals surface area (Å²) in [7, 11) is 0. The summed E-state index contributed by atoms with van der Waals surface area (Å²) in [5.74, 6) is 0.584. The van der Waals surface area contributed by atoms with Crippen LogP contribution in [-0.4, -0.2) is 17.9 Å². The van der Waals surface area contributed by atoms with Crippen molar-refractivity contribution in [2.24, 2.45) is 0 Å². The molecule has 0 spiro atoms. The first kappa shape index (κ1) is 24.7. The zero-order valence-corrected chi connectivity index (χ0v) is 19.0. The van der Waals surface area contributed by atoms with Gasteiger partial charge in [-0.05, 0) is 18.5 Å². The van der Waals surface area contributed by atoms with E-state index >= 15 is 0 Å². The molecule has 0 saturated carbocycles. The molecule has 0 amide bonds. The van der Waals surface area contributed by atoms with E-state index < -0.39 is 12.0 Å². The maximum Gasteiger partial charge on any atom is 0.341 e. The monoisotopic (exact) mass is 456 g/mol. The van der Waals surface area contributed by atoms with Gasteiger partial charge >= 0.3 is 12.0 Å². The van der Waals surface area contributed by atoms with Crippen molar-refractivity contribution in [3.05, 3.63) is 0 Å². The number of alkyl halides is 1. The topological polar surface area (TPSA) is 0 Å². The molecule has 0 radical (unpaired) electrons. The third-order valence-electron chi connectivity index (χ3n) is 2.41. The first-order valence-corrected chi connectivity index (χ1v) is 17.8. The lowest BCUT2D eigenvalue weighted by Gasteiger charge is -2.06. The molecule has 0 heterocycles. The Balaban J connectivity index is 0. The molecule has 0 aliphatic heterocycles. The molecule has 0 N–H and O–H groups in total. The largest absolute Gasteiger partial charge is 0.341 e. The third kappa shape index (κ3) is 28.6. The molecule has 0 unspecified atom stereocenters. The second-order valence-corrected chi connectivity index (χ2v) is 23.5. The fourth-order valence-corrected chi connectivity index (χ4v) is 5.36. The van der Waals surface area contributed by atoms with E-state index in [2.05, 4.69) is 6.92 Å². The van der Waals surface area contributed by atoms with Crippen molar-refractivity contribution >= 4 is 90.1 Å². The van der Waals surface area contributed by atoms with Crippen molar-refractivity contribution < 1.29 is 0 Å². The minimum absolute atomic E-state index is 0.584. The van der Waals surface area contributed by atoms with E-state index in [4.69, 9.17) is 78.1 Å². The predicted octanol–water partition coefficient (Wildman–Crippen LogP) is 8.27. The van der Waals surface area contributed by atoms with Gasteiger partial charge in [-0.2, -0.15) is 0 Å². The third-order valence-corrected chi connectivity index (χ3v) is 7.92. The van der Waals surface area contributed by atoms with Gasteiger partial charge < -0.3 is 0 Å². The van der Waals surface area contributed by atoms with Crippen LogP contribution in [0.15, 0.2) is 0 Å². The Morgan fingerprint density at radius 2 is 1.00 bits per heavy atom. The Morgan fingerprint density at radius 3 is 1.35 bits per heavy atom. The van der Waals surface area contributed by atoms with Crippen LogP contribution < -0.4 is 0 Å². The van der Waals surface area contributed by atoms with Gasteiger partial charge in [0.2, 0.25) is 0 Å². The quantitative estimate of drug-likeness (QED) is 0.133. The summed E-state index contributed by atoms with van der Waals surface area (Å²) < 4.78 is 0. The van der Waals surface area contributed by atoms with Gasteiger partial charge in [0.25, 0.3) is 0 Å². The van der Waals surface area contributed by atoms with Gasteiger partial charge in [0, 0.05) is 5.88 Å². The van der Waals surface area contributed by atoms with Gasteiger partial charge in [0.15, 0.2) is 0 Å². The Hall–Kier alpha value is 2.46. The highest BCUT2D eigenvalue weighted by Crippen LogP contribution is 2.27. The van der Waals surface area contributed by atoms with Gasteiger partial charge in [-0.15, -0.1) is 78.1 Å². The zero-order valence-electron chi connectivity index (χ0n) is 11.7. The van der Waals surface area contributed by atoms with Gasteiger partial charge in [-0.25, -0.2) is 0 Å². The summed E-state index contributed by atoms with van der Waals surface area (Å²) in [6.45, 7) is 2.22. The predicted molar refractivity (Wildman–Crippen MR) is 105 cm³/mol. The molecule has 0 rings (SSSR count). The average molecular weight is 460 g/mol. The van der Waals surface area contributed by atoms with Crippen molar-refractivity contribution in [3.63, 3.8) is 0 Å². The van der Waals surface area contributed by atoms with Crippen LogP contribution >= 0.6 is 78.1 Å². The SMILES string of the molecule is CCCCCCCC[Si](Cl)(Cl)Cl.ClCCC[Si](Cl)(Cl)Cl. The van der Waals surface area contributed by atoms with Gasteiger partial charge in [-0.1, -0.05) is 45.4 Å². The fourth-order valence-electron chi connectivity index (χ4n) is 1.37. The Labute approximate surface area is 159 Å². The summed E-state index contributed by atoms with van der Waals surface area (Å²) in [6, 6.07) is -3.16. The lowest BCUT2D eigenvalue weighted by molar-refractivity contribution is 0.624. The molecule has 0 fully saturated rings. The number of hydrogen-bond donors (Lipinski definition) is 0. The van der Waals surface area contributed by atoms with Crippen molar-refractivity contribution in [2.45, 2.75) is 64.0 Å². The molecule has 0 aromatic rings. The summed E-state index contributed by atoms with van der Waals surface area (Å²) >= 11 is 39.2. The van der Waals surface area contributed by atoms with E-state index in [0.717, 1.165) is 18.9 Å². The van der Waals surface area contributed by atoms with Crippen molar-refractivity contribution in [3.8, 4) is 0 Å². The highest BCUT2D eigenvalue weighted by molar-refractivity contribution is 7.65. The second-order valence-electron chi connectivity index (χ2n) is 4.54. The van der Waals surface area contributed by atoms with E-state index in [1.807, 2.05) is 0 Å². The lowest BCUT2D eigenvalue weighted by atomic mass is 10.1. The number of halogens is 7. The van der Waals surface area contributed by atoms with Crippen LogP contribution in [0.5, 0.6) is 0 Å². The lowest BCUT2D eigenvalue weighted by Crippen LogP contribution is -2.07. The molecule has 0 nitrogen and oxygen atoms in total. The Kier molecular flexibility index (Phi) is 18.6. The highest BCUT2D eigenvalue weighted by Gasteiger charge is 2.23. The van der Waals surface area contributed by atoms with E-state index in [1.54, 1.807) is 0 Å². The van der Waals surface area contributed by atoms with Crippen molar-refractivity contribution in [1.82, 2.24) is 0 Å². The molecule has 124 valence electrons. The molecule has 9 heteroatoms. The Bertz CT molecular complexity index is 204. The Morgan fingerprint density at radius 1 is 0.600 bits per heavy atom. The first-order valence-electron chi connectivity index (χ1n) is 6.82. The standard InChI is InChI=1S/C8H17Cl3Si.C3H6Cl4Si/c1-2-3-4-5-6-7-8-12(9,10)11;4-2-1-3-8(5,6)7/h2-8H2,1H3;1-3H2. The van der Waals surface area contributed by atoms with Crippen LogP contribution in [0, 0.1) is 0 Å². The smallest absolute Gasteiger partial charge is 0.127 e. The van der Waals surface area contributed by atoms with Crippen molar-refractivity contribution in [2.75, 3.05) is 5.88 Å². The van der Waals surface area contributed by atoms with Crippen LogP contribution in [0.2, 0.25) is 12.1 Å². The maximum atomic E-state index is 5.74. The molecule has 0 bridgehead atoms. The van der Waals surface area contributed by atoms with Crippen LogP contribution in [0.25, 0.3) is 0 Å². The molecular weight excluding hydrogens is 436 g/mol. The van der Waals surface area contributed by atoms with Gasteiger partial charge in [0.1, 0.15) is 0 Å². The number of rotatable bonds is 10. The van der Waals surface area contributed by atoms with Crippen molar-refractivity contribution in [1.29, 1.82) is 0 Å². The molecule has 20 heavy (non-hydrogen) atoms. The normalized spacial score (nSPS) is 12.0. The van der Waals surface area contributed by atoms with Crippen LogP contribution in [0.3, 0.4) is 0 Å². The molecule has 0 aliphatic rings. The second kappa shape index (κ2) is 15.0.